The summed E-state index contributed by atoms with van der Waals surface area (Å²) in [4.78, 5) is 65.0. The van der Waals surface area contributed by atoms with E-state index >= 15 is 0 Å². The largest absolute Gasteiger partial charge is 0.477 e. The Morgan fingerprint density at radius 3 is 2.43 bits per heavy atom. The minimum absolute atomic E-state index is 0.134. The lowest BCUT2D eigenvalue weighted by molar-refractivity contribution is -0.151. The van der Waals surface area contributed by atoms with Crippen LogP contribution in [0.4, 0.5) is 9.59 Å². The van der Waals surface area contributed by atoms with Crippen molar-refractivity contribution in [3.63, 3.8) is 0 Å². The molecule has 17 heteroatoms. The smallest absolute Gasteiger partial charge is 0.352 e. The molecular weight excluding hydrogens is 610 g/mol. The van der Waals surface area contributed by atoms with Gasteiger partial charge in [0.05, 0.1) is 0 Å². The van der Waals surface area contributed by atoms with Crippen LogP contribution >= 0.6 is 23.5 Å². The number of tetrazole rings is 1. The lowest BCUT2D eigenvalue weighted by Gasteiger charge is -2.49. The number of fused-ring (bicyclic) bond motifs is 1. The van der Waals surface area contributed by atoms with Crippen LogP contribution in [0.5, 0.6) is 0 Å². The van der Waals surface area contributed by atoms with Gasteiger partial charge in [0.1, 0.15) is 23.2 Å². The summed E-state index contributed by atoms with van der Waals surface area (Å²) in [5.41, 5.74) is 1.63. The van der Waals surface area contributed by atoms with E-state index in [9.17, 15) is 29.1 Å². The Labute approximate surface area is 259 Å². The van der Waals surface area contributed by atoms with E-state index in [0.29, 0.717) is 22.0 Å². The predicted molar refractivity (Wildman–Crippen MR) is 159 cm³/mol. The van der Waals surface area contributed by atoms with Gasteiger partial charge in [0.2, 0.25) is 11.1 Å². The van der Waals surface area contributed by atoms with Gasteiger partial charge in [-0.1, -0.05) is 72.4 Å². The molecule has 3 heterocycles. The van der Waals surface area contributed by atoms with Crippen molar-refractivity contribution >= 4 is 53.4 Å². The van der Waals surface area contributed by atoms with E-state index in [-0.39, 0.29) is 18.0 Å². The zero-order valence-corrected chi connectivity index (χ0v) is 24.8. The van der Waals surface area contributed by atoms with Gasteiger partial charge in [0.15, 0.2) is 0 Å². The fraction of sp³-hybridized carbons (Fsp3) is 0.259. The number of carboxylic acids is 1. The Morgan fingerprint density at radius 2 is 1.77 bits per heavy atom. The van der Waals surface area contributed by atoms with Crippen LogP contribution < -0.4 is 21.3 Å². The molecule has 1 aromatic heterocycles. The van der Waals surface area contributed by atoms with Crippen LogP contribution in [0.1, 0.15) is 17.2 Å². The summed E-state index contributed by atoms with van der Waals surface area (Å²) < 4.78 is 1.46. The van der Waals surface area contributed by atoms with Gasteiger partial charge in [-0.05, 0) is 27.1 Å². The zero-order valence-electron chi connectivity index (χ0n) is 23.2. The molecule has 2 unspecified atom stereocenters. The fourth-order valence-corrected chi connectivity index (χ4v) is 6.90. The number of imide groups is 1. The molecule has 0 bridgehead atoms. The molecule has 1 saturated heterocycles. The van der Waals surface area contributed by atoms with Crippen LogP contribution in [0.15, 0.2) is 77.1 Å². The summed E-state index contributed by atoms with van der Waals surface area (Å²) in [7, 11) is 1.66. The number of carbonyl (C=O) groups excluding carboxylic acids is 4. The van der Waals surface area contributed by atoms with Gasteiger partial charge >= 0.3 is 18.0 Å². The third-order valence-corrected chi connectivity index (χ3v) is 9.13. The summed E-state index contributed by atoms with van der Waals surface area (Å²) in [6.45, 7) is 0.187. The van der Waals surface area contributed by atoms with Crippen LogP contribution in [0.2, 0.25) is 0 Å². The van der Waals surface area contributed by atoms with Gasteiger partial charge in [-0.2, -0.15) is 0 Å². The highest BCUT2D eigenvalue weighted by atomic mass is 32.2. The van der Waals surface area contributed by atoms with Crippen molar-refractivity contribution in [2.75, 3.05) is 11.5 Å². The van der Waals surface area contributed by atoms with E-state index in [1.54, 1.807) is 37.4 Å². The van der Waals surface area contributed by atoms with E-state index in [4.69, 9.17) is 0 Å². The first-order valence-corrected chi connectivity index (χ1v) is 15.3. The molecule has 2 aromatic carbocycles. The molecule has 1 fully saturated rings. The number of amides is 6. The predicted octanol–water partition coefficient (Wildman–Crippen LogP) is 0.991. The zero-order chi connectivity index (χ0) is 31.2. The lowest BCUT2D eigenvalue weighted by Crippen LogP contribution is -2.71. The third kappa shape index (κ3) is 6.84. The van der Waals surface area contributed by atoms with Crippen molar-refractivity contribution in [2.24, 2.45) is 7.05 Å². The number of hydrogen-bond acceptors (Lipinski definition) is 10. The quantitative estimate of drug-likeness (QED) is 0.157. The Kier molecular flexibility index (Phi) is 9.44. The number of nitrogens with one attached hydrogen (secondary N) is 4. The maximum atomic E-state index is 13.5. The Balaban J connectivity index is 1.23. The van der Waals surface area contributed by atoms with E-state index in [1.165, 1.54) is 33.1 Å². The minimum Gasteiger partial charge on any atom is -0.477 e. The Hall–Kier alpha value is -4.90. The maximum absolute atomic E-state index is 13.5. The van der Waals surface area contributed by atoms with Crippen molar-refractivity contribution in [1.82, 2.24) is 46.4 Å². The first-order chi connectivity index (χ1) is 21.2. The second kappa shape index (κ2) is 13.6. The summed E-state index contributed by atoms with van der Waals surface area (Å²) in [6.07, 6.45) is 0. The van der Waals surface area contributed by atoms with Gasteiger partial charge in [-0.3, -0.25) is 19.8 Å². The van der Waals surface area contributed by atoms with Gasteiger partial charge in [-0.15, -0.1) is 16.9 Å². The number of aryl methyl sites for hydroxylation is 1. The number of aliphatic carboxylic acids is 1. The van der Waals surface area contributed by atoms with Crippen LogP contribution in [0.25, 0.3) is 0 Å². The van der Waals surface area contributed by atoms with Crippen molar-refractivity contribution in [2.45, 2.75) is 29.2 Å². The number of β-lactam (4-membered cyclic amide) rings is 1. The molecule has 3 atom stereocenters. The van der Waals surface area contributed by atoms with Gasteiger partial charge in [0.25, 0.3) is 5.91 Å². The summed E-state index contributed by atoms with van der Waals surface area (Å²) in [6, 6.07) is 13.5. The van der Waals surface area contributed by atoms with E-state index < -0.39 is 47.3 Å². The first kappa shape index (κ1) is 30.6. The highest BCUT2D eigenvalue weighted by Crippen LogP contribution is 2.41. The number of hydrogen-bond donors (Lipinski definition) is 5. The topological polar surface area (TPSA) is 201 Å². The number of aromatic nitrogens is 4. The second-order valence-corrected chi connectivity index (χ2v) is 11.7. The number of benzene rings is 2. The summed E-state index contributed by atoms with van der Waals surface area (Å²) >= 11 is 2.56. The molecule has 15 nitrogen and oxygen atoms in total. The molecule has 0 spiro atoms. The number of urea groups is 2. The van der Waals surface area contributed by atoms with Crippen molar-refractivity contribution in [3.05, 3.63) is 83.1 Å². The molecule has 6 amide bonds. The standard InChI is InChI=1S/C27H27N9O6S2/c1-35-27(32-33-34-35)44-14-17-13-43-23-19(22(38)36(23)20(17)24(39)40)29-21(37)18(16-10-6-3-7-11-16)30-26(42)31-25(41)28-12-15-8-4-2-5-9-15/h2-11,18-19,23H,12-14H2,1H3,(H,29,37)(H,39,40)(H3,28,30,31,41,42)/t18?,19?,23-/m0/s1. The monoisotopic (exact) mass is 637 g/mol. The number of thioether (sulfide) groups is 2. The van der Waals surface area contributed by atoms with E-state index in [0.717, 1.165) is 5.56 Å². The Bertz CT molecular complexity index is 1600. The van der Waals surface area contributed by atoms with Gasteiger partial charge in [0, 0.05) is 25.1 Å². The summed E-state index contributed by atoms with van der Waals surface area (Å²) in [5.74, 6) is -1.99. The normalized spacial score (nSPS) is 18.0. The second-order valence-electron chi connectivity index (χ2n) is 9.64. The van der Waals surface area contributed by atoms with Crippen LogP contribution in [-0.2, 0) is 28.0 Å². The molecular formula is C27H27N9O6S2. The van der Waals surface area contributed by atoms with Gasteiger partial charge < -0.3 is 21.1 Å². The average Bonchev–Trinajstić information content (AvgIpc) is 3.44. The van der Waals surface area contributed by atoms with Crippen molar-refractivity contribution in [1.29, 1.82) is 0 Å². The van der Waals surface area contributed by atoms with Crippen molar-refractivity contribution in [3.8, 4) is 0 Å². The van der Waals surface area contributed by atoms with Gasteiger partial charge in [-0.25, -0.2) is 19.1 Å². The van der Waals surface area contributed by atoms with E-state index in [2.05, 4.69) is 36.8 Å². The first-order valence-electron chi connectivity index (χ1n) is 13.2. The van der Waals surface area contributed by atoms with Crippen LogP contribution in [-0.4, -0.2) is 83.0 Å². The molecule has 0 saturated carbocycles. The van der Waals surface area contributed by atoms with Crippen LogP contribution in [0, 0.1) is 0 Å². The molecule has 0 aliphatic carbocycles. The van der Waals surface area contributed by atoms with Crippen LogP contribution in [0.3, 0.4) is 0 Å². The Morgan fingerprint density at radius 1 is 1.07 bits per heavy atom. The summed E-state index contributed by atoms with van der Waals surface area (Å²) in [5, 5.41) is 30.8. The molecule has 2 aliphatic heterocycles. The third-order valence-electron chi connectivity index (χ3n) is 6.70. The number of nitrogens with zero attached hydrogens (tertiary/aromatic N) is 5. The fourth-order valence-electron chi connectivity index (χ4n) is 4.56. The molecule has 44 heavy (non-hydrogen) atoms. The molecule has 228 valence electrons. The highest BCUT2D eigenvalue weighted by molar-refractivity contribution is 8.01. The molecule has 5 rings (SSSR count). The highest BCUT2D eigenvalue weighted by Gasteiger charge is 2.54. The van der Waals surface area contributed by atoms with E-state index in [1.807, 2.05) is 30.3 Å². The number of rotatable bonds is 10. The number of carbonyl (C=O) groups is 5. The molecule has 3 aromatic rings. The molecule has 0 radical (unpaired) electrons. The average molecular weight is 638 g/mol. The maximum Gasteiger partial charge on any atom is 0.352 e. The van der Waals surface area contributed by atoms with Crippen molar-refractivity contribution < 1.29 is 29.1 Å². The molecule has 5 N–H and O–H groups in total. The number of carboxylic acid groups (broad SMARTS) is 1. The minimum atomic E-state index is -1.26. The SMILES string of the molecule is Cn1nnnc1SCC1=C(C(=O)O)N2C(=O)C(NC(=O)C(NC(=O)NC(=O)NCc3ccccc3)c3ccccc3)[C@@H]2SC1. The lowest BCUT2D eigenvalue weighted by atomic mass is 10.0. The molecule has 2 aliphatic rings.